The van der Waals surface area contributed by atoms with Gasteiger partial charge in [-0.15, -0.1) is 0 Å². The fourth-order valence-corrected chi connectivity index (χ4v) is 1.87. The Kier molecular flexibility index (Phi) is 5.23. The van der Waals surface area contributed by atoms with E-state index in [-0.39, 0.29) is 12.5 Å². The van der Waals surface area contributed by atoms with Crippen LogP contribution < -0.4 is 10.1 Å². The average molecular weight is 319 g/mol. The molecule has 0 aliphatic heterocycles. The zero-order chi connectivity index (χ0) is 16.8. The van der Waals surface area contributed by atoms with Crippen molar-refractivity contribution in [2.24, 2.45) is 0 Å². The first-order valence-electron chi connectivity index (χ1n) is 7.06. The minimum absolute atomic E-state index is 0.158. The Balaban J connectivity index is 1.97. The van der Waals surface area contributed by atoms with Crippen LogP contribution in [-0.2, 0) is 11.3 Å². The molecule has 0 bridgehead atoms. The van der Waals surface area contributed by atoms with Crippen LogP contribution >= 0.6 is 0 Å². The molecular weight excluding hydrogens is 302 g/mol. The number of nitrogens with zero attached hydrogens (tertiary/aromatic N) is 4. The first-order valence-corrected chi connectivity index (χ1v) is 7.06. The molecule has 1 heterocycles. The minimum atomic E-state index is -0.715. The molecule has 2 rings (SSSR count). The van der Waals surface area contributed by atoms with Gasteiger partial charge in [0.25, 0.3) is 0 Å². The Morgan fingerprint density at radius 1 is 1.48 bits per heavy atom. The zero-order valence-electron chi connectivity index (χ0n) is 12.9. The average Bonchev–Trinajstić information content (AvgIpc) is 2.96. The van der Waals surface area contributed by atoms with Crippen LogP contribution in [0.25, 0.3) is 0 Å². The number of rotatable bonds is 7. The topological polar surface area (TPSA) is 112 Å². The quantitative estimate of drug-likeness (QED) is 0.616. The molecule has 1 amide bonds. The van der Waals surface area contributed by atoms with Crippen LogP contribution in [0.1, 0.15) is 18.9 Å². The van der Waals surface area contributed by atoms with Gasteiger partial charge in [-0.2, -0.15) is 4.68 Å². The second-order valence-electron chi connectivity index (χ2n) is 4.87. The Bertz CT molecular complexity index is 713. The summed E-state index contributed by atoms with van der Waals surface area (Å²) in [5, 5.41) is 16.8. The molecule has 1 aromatic heterocycles. The molecule has 1 N–H and O–H groups in total. The molecule has 0 fully saturated rings. The first kappa shape index (κ1) is 16.4. The highest BCUT2D eigenvalue weighted by Crippen LogP contribution is 2.21. The van der Waals surface area contributed by atoms with Crippen molar-refractivity contribution >= 4 is 17.5 Å². The van der Waals surface area contributed by atoms with Gasteiger partial charge in [0.1, 0.15) is 12.3 Å². The highest BCUT2D eigenvalue weighted by molar-refractivity contribution is 5.91. The second-order valence-corrected chi connectivity index (χ2v) is 4.87. The van der Waals surface area contributed by atoms with E-state index in [9.17, 15) is 14.9 Å². The zero-order valence-corrected chi connectivity index (χ0v) is 12.9. The third kappa shape index (κ3) is 4.50. The smallest absolute Gasteiger partial charge is 0.490 e. The van der Waals surface area contributed by atoms with E-state index in [1.54, 1.807) is 12.1 Å². The first-order chi connectivity index (χ1) is 11.0. The molecule has 0 radical (unpaired) electrons. The van der Waals surface area contributed by atoms with Crippen LogP contribution in [0.15, 0.2) is 24.5 Å². The molecule has 0 atom stereocenters. The van der Waals surface area contributed by atoms with Crippen LogP contribution in [0.5, 0.6) is 5.75 Å². The molecule has 0 aliphatic rings. The van der Waals surface area contributed by atoms with Crippen molar-refractivity contribution in [1.29, 1.82) is 0 Å². The Labute approximate surface area is 132 Å². The standard InChI is InChI=1S/C14H17N5O4/c1-3-6-23-11-4-5-12(10(2)7-11)16-13(20)8-18-9-15-14(17-18)19(21)22/h4-5,7,9H,3,6,8H2,1-2H3,(H,16,20). The lowest BCUT2D eigenvalue weighted by Gasteiger charge is -2.10. The number of hydrogen-bond donors (Lipinski definition) is 1. The van der Waals surface area contributed by atoms with Gasteiger partial charge >= 0.3 is 5.95 Å². The molecule has 122 valence electrons. The number of carbonyl (C=O) groups is 1. The van der Waals surface area contributed by atoms with Gasteiger partial charge in [0.15, 0.2) is 0 Å². The van der Waals surface area contributed by atoms with E-state index in [2.05, 4.69) is 15.4 Å². The molecule has 0 saturated heterocycles. The monoisotopic (exact) mass is 319 g/mol. The molecule has 1 aromatic carbocycles. The SMILES string of the molecule is CCCOc1ccc(NC(=O)Cn2cnc([N+](=O)[O-])n2)c(C)c1. The fourth-order valence-electron chi connectivity index (χ4n) is 1.87. The number of aromatic nitrogens is 3. The maximum atomic E-state index is 12.0. The summed E-state index contributed by atoms with van der Waals surface area (Å²) in [6.07, 6.45) is 2.06. The van der Waals surface area contributed by atoms with Crippen LogP contribution in [0.3, 0.4) is 0 Å². The largest absolute Gasteiger partial charge is 0.494 e. The molecule has 9 heteroatoms. The molecule has 0 aliphatic carbocycles. The number of nitrogens with one attached hydrogen (secondary N) is 1. The number of nitro groups is 1. The number of ether oxygens (including phenoxy) is 1. The van der Waals surface area contributed by atoms with Crippen molar-refractivity contribution < 1.29 is 14.5 Å². The predicted molar refractivity (Wildman–Crippen MR) is 82.3 cm³/mol. The number of hydrogen-bond acceptors (Lipinski definition) is 6. The van der Waals surface area contributed by atoms with Crippen LogP contribution in [0.4, 0.5) is 11.6 Å². The third-order valence-corrected chi connectivity index (χ3v) is 2.94. The summed E-state index contributed by atoms with van der Waals surface area (Å²) in [5.74, 6) is -0.143. The van der Waals surface area contributed by atoms with E-state index in [1.165, 1.54) is 0 Å². The van der Waals surface area contributed by atoms with Gasteiger partial charge in [-0.3, -0.25) is 4.79 Å². The van der Waals surface area contributed by atoms with E-state index < -0.39 is 10.9 Å². The van der Waals surface area contributed by atoms with E-state index >= 15 is 0 Å². The van der Waals surface area contributed by atoms with Crippen molar-refractivity contribution in [1.82, 2.24) is 14.8 Å². The maximum absolute atomic E-state index is 12.0. The number of benzene rings is 1. The Morgan fingerprint density at radius 3 is 2.87 bits per heavy atom. The van der Waals surface area contributed by atoms with Crippen molar-refractivity contribution in [3.05, 3.63) is 40.2 Å². The van der Waals surface area contributed by atoms with E-state index in [0.29, 0.717) is 12.3 Å². The van der Waals surface area contributed by atoms with Gasteiger partial charge < -0.3 is 20.2 Å². The lowest BCUT2D eigenvalue weighted by atomic mass is 10.2. The van der Waals surface area contributed by atoms with Crippen molar-refractivity contribution in [3.8, 4) is 5.75 Å². The molecular formula is C14H17N5O4. The normalized spacial score (nSPS) is 10.3. The summed E-state index contributed by atoms with van der Waals surface area (Å²) in [4.78, 5) is 25.2. The molecule has 9 nitrogen and oxygen atoms in total. The van der Waals surface area contributed by atoms with Crippen molar-refractivity contribution in [3.63, 3.8) is 0 Å². The van der Waals surface area contributed by atoms with E-state index in [4.69, 9.17) is 4.74 Å². The third-order valence-electron chi connectivity index (χ3n) is 2.94. The fraction of sp³-hybridized carbons (Fsp3) is 0.357. The summed E-state index contributed by atoms with van der Waals surface area (Å²) in [7, 11) is 0. The van der Waals surface area contributed by atoms with E-state index in [0.717, 1.165) is 28.7 Å². The number of anilines is 1. The van der Waals surface area contributed by atoms with Crippen LogP contribution in [-0.4, -0.2) is 32.2 Å². The summed E-state index contributed by atoms with van der Waals surface area (Å²) >= 11 is 0. The van der Waals surface area contributed by atoms with Gasteiger partial charge in [-0.1, -0.05) is 11.9 Å². The van der Waals surface area contributed by atoms with Crippen LogP contribution in [0, 0.1) is 17.0 Å². The lowest BCUT2D eigenvalue weighted by molar-refractivity contribution is -0.394. The molecule has 0 saturated carbocycles. The predicted octanol–water partition coefficient (Wildman–Crippen LogP) is 1.92. The number of carbonyl (C=O) groups excluding carboxylic acids is 1. The molecule has 23 heavy (non-hydrogen) atoms. The van der Waals surface area contributed by atoms with E-state index in [1.807, 2.05) is 19.9 Å². The minimum Gasteiger partial charge on any atom is -0.494 e. The summed E-state index contributed by atoms with van der Waals surface area (Å²) < 4.78 is 6.63. The van der Waals surface area contributed by atoms with Gasteiger partial charge in [-0.25, -0.2) is 0 Å². The van der Waals surface area contributed by atoms with Gasteiger partial charge in [0, 0.05) is 10.8 Å². The Hall–Kier alpha value is -2.97. The highest BCUT2D eigenvalue weighted by atomic mass is 16.6. The summed E-state index contributed by atoms with van der Waals surface area (Å²) in [6, 6.07) is 5.37. The number of aryl methyl sites for hydroxylation is 1. The van der Waals surface area contributed by atoms with Gasteiger partial charge in [-0.05, 0) is 42.0 Å². The Morgan fingerprint density at radius 2 is 2.26 bits per heavy atom. The van der Waals surface area contributed by atoms with Crippen LogP contribution in [0.2, 0.25) is 0 Å². The summed E-state index contributed by atoms with van der Waals surface area (Å²) in [6.45, 7) is 4.36. The van der Waals surface area contributed by atoms with Crippen molar-refractivity contribution in [2.75, 3.05) is 11.9 Å². The lowest BCUT2D eigenvalue weighted by Crippen LogP contribution is -2.19. The molecule has 2 aromatic rings. The maximum Gasteiger partial charge on any atom is 0.490 e. The summed E-state index contributed by atoms with van der Waals surface area (Å²) in [5.41, 5.74) is 1.50. The van der Waals surface area contributed by atoms with Gasteiger partial charge in [0.05, 0.1) is 6.61 Å². The van der Waals surface area contributed by atoms with Gasteiger partial charge in [0.2, 0.25) is 12.2 Å². The van der Waals surface area contributed by atoms with Crippen molar-refractivity contribution in [2.45, 2.75) is 26.8 Å². The highest BCUT2D eigenvalue weighted by Gasteiger charge is 2.15. The molecule has 0 spiro atoms. The number of amides is 1. The second kappa shape index (κ2) is 7.34. The molecule has 0 unspecified atom stereocenters.